The van der Waals surface area contributed by atoms with E-state index in [2.05, 4.69) is 32.6 Å². The van der Waals surface area contributed by atoms with Crippen molar-refractivity contribution in [1.29, 1.82) is 0 Å². The Morgan fingerprint density at radius 2 is 1.71 bits per heavy atom. The lowest BCUT2D eigenvalue weighted by Gasteiger charge is -2.18. The molecule has 0 heteroatoms. The zero-order valence-corrected chi connectivity index (χ0v) is 9.19. The van der Waals surface area contributed by atoms with Crippen LogP contribution in [0.15, 0.2) is 18.7 Å². The summed E-state index contributed by atoms with van der Waals surface area (Å²) in [6.07, 6.45) is 5.24. The minimum Gasteiger partial charge on any atom is -0.0955 e. The molecule has 0 aromatic heterocycles. The Morgan fingerprint density at radius 1 is 1.14 bits per heavy atom. The highest BCUT2D eigenvalue weighted by Gasteiger charge is 2.11. The van der Waals surface area contributed by atoms with Crippen LogP contribution in [0.2, 0.25) is 0 Å². The molecule has 0 saturated carbocycles. The van der Waals surface area contributed by atoms with E-state index in [0.29, 0.717) is 0 Å². The van der Waals surface area contributed by atoms with Crippen LogP contribution in [-0.2, 0) is 12.8 Å². The molecule has 14 heavy (non-hydrogen) atoms. The molecule has 0 spiro atoms. The Kier molecular flexibility index (Phi) is 2.45. The van der Waals surface area contributed by atoms with E-state index < -0.39 is 0 Å². The van der Waals surface area contributed by atoms with E-state index in [9.17, 15) is 0 Å². The molecule has 0 heterocycles. The largest absolute Gasteiger partial charge is 0.0955 e. The van der Waals surface area contributed by atoms with Crippen molar-refractivity contribution in [1.82, 2.24) is 0 Å². The summed E-state index contributed by atoms with van der Waals surface area (Å²) in [5, 5.41) is 0. The van der Waals surface area contributed by atoms with Crippen LogP contribution in [0.3, 0.4) is 0 Å². The van der Waals surface area contributed by atoms with Gasteiger partial charge in [-0.1, -0.05) is 24.3 Å². The van der Waals surface area contributed by atoms with E-state index >= 15 is 0 Å². The molecule has 0 fully saturated rings. The van der Waals surface area contributed by atoms with Crippen molar-refractivity contribution in [3.63, 3.8) is 0 Å². The lowest BCUT2D eigenvalue weighted by molar-refractivity contribution is 0.684. The van der Waals surface area contributed by atoms with E-state index in [1.165, 1.54) is 42.4 Å². The summed E-state index contributed by atoms with van der Waals surface area (Å²) in [5.41, 5.74) is 7.05. The van der Waals surface area contributed by atoms with Crippen LogP contribution < -0.4 is 0 Å². The molecule has 0 unspecified atom stereocenters. The third kappa shape index (κ3) is 1.61. The molecule has 1 aliphatic carbocycles. The minimum absolute atomic E-state index is 1.19. The van der Waals surface area contributed by atoms with Gasteiger partial charge in [0.25, 0.3) is 0 Å². The lowest BCUT2D eigenvalue weighted by atomic mass is 9.87. The van der Waals surface area contributed by atoms with Gasteiger partial charge >= 0.3 is 0 Å². The molecule has 0 nitrogen and oxygen atoms in total. The van der Waals surface area contributed by atoms with Crippen LogP contribution in [-0.4, -0.2) is 0 Å². The Balaban J connectivity index is 2.50. The number of benzene rings is 1. The summed E-state index contributed by atoms with van der Waals surface area (Å²) in [6, 6.07) is 4.71. The molecular formula is C14H18. The van der Waals surface area contributed by atoms with Crippen molar-refractivity contribution < 1.29 is 0 Å². The van der Waals surface area contributed by atoms with Gasteiger partial charge in [-0.25, -0.2) is 0 Å². The van der Waals surface area contributed by atoms with E-state index in [-0.39, 0.29) is 0 Å². The van der Waals surface area contributed by atoms with Crippen molar-refractivity contribution in [3.05, 3.63) is 41.0 Å². The number of hydrogen-bond acceptors (Lipinski definition) is 0. The number of aryl methyl sites for hydroxylation is 3. The van der Waals surface area contributed by atoms with Gasteiger partial charge in [0, 0.05) is 0 Å². The Labute approximate surface area is 86.7 Å². The maximum atomic E-state index is 4.04. The van der Waals surface area contributed by atoms with Crippen molar-refractivity contribution in [3.8, 4) is 0 Å². The predicted molar refractivity (Wildman–Crippen MR) is 62.5 cm³/mol. The Hall–Kier alpha value is -1.04. The van der Waals surface area contributed by atoms with Gasteiger partial charge < -0.3 is 0 Å². The van der Waals surface area contributed by atoms with Gasteiger partial charge in [0.2, 0.25) is 0 Å². The van der Waals surface area contributed by atoms with E-state index in [0.717, 1.165) is 0 Å². The van der Waals surface area contributed by atoms with Crippen LogP contribution in [0.4, 0.5) is 0 Å². The van der Waals surface area contributed by atoms with E-state index in [1.807, 2.05) is 0 Å². The average Bonchev–Trinajstić information content (AvgIpc) is 2.16. The maximum Gasteiger partial charge on any atom is -0.0201 e. The lowest BCUT2D eigenvalue weighted by Crippen LogP contribution is -2.04. The second-order valence-electron chi connectivity index (χ2n) is 4.42. The first kappa shape index (κ1) is 9.51. The Bertz CT molecular complexity index is 372. The van der Waals surface area contributed by atoms with Crippen molar-refractivity contribution in [2.24, 2.45) is 0 Å². The molecular weight excluding hydrogens is 168 g/mol. The first-order valence-electron chi connectivity index (χ1n) is 5.47. The van der Waals surface area contributed by atoms with Gasteiger partial charge in [-0.05, 0) is 61.8 Å². The van der Waals surface area contributed by atoms with Crippen LogP contribution in [0.1, 0.15) is 42.0 Å². The first-order chi connectivity index (χ1) is 6.68. The summed E-state index contributed by atoms with van der Waals surface area (Å²) >= 11 is 0. The minimum atomic E-state index is 1.19. The second kappa shape index (κ2) is 3.61. The highest BCUT2D eigenvalue weighted by atomic mass is 14.2. The second-order valence-corrected chi connectivity index (χ2v) is 4.42. The zero-order valence-electron chi connectivity index (χ0n) is 9.19. The average molecular weight is 186 g/mol. The monoisotopic (exact) mass is 186 g/mol. The summed E-state index contributed by atoms with van der Waals surface area (Å²) in [4.78, 5) is 0. The zero-order chi connectivity index (χ0) is 10.1. The van der Waals surface area contributed by atoms with Crippen LogP contribution in [0.5, 0.6) is 0 Å². The van der Waals surface area contributed by atoms with Gasteiger partial charge in [0.1, 0.15) is 0 Å². The Morgan fingerprint density at radius 3 is 2.29 bits per heavy atom. The first-order valence-corrected chi connectivity index (χ1v) is 5.47. The molecule has 0 radical (unpaired) electrons. The van der Waals surface area contributed by atoms with E-state index in [4.69, 9.17) is 0 Å². The molecule has 0 atom stereocenters. The normalized spacial score (nSPS) is 15.0. The van der Waals surface area contributed by atoms with Crippen LogP contribution in [0, 0.1) is 6.92 Å². The molecule has 74 valence electrons. The SMILES string of the molecule is C=C(C)c1cc2c(cc1C)CCCC2. The third-order valence-electron chi connectivity index (χ3n) is 3.15. The van der Waals surface area contributed by atoms with Gasteiger partial charge in [-0.15, -0.1) is 0 Å². The number of hydrogen-bond donors (Lipinski definition) is 0. The molecule has 1 aromatic carbocycles. The molecule has 2 rings (SSSR count). The maximum absolute atomic E-state index is 4.04. The predicted octanol–water partition coefficient (Wildman–Crippen LogP) is 3.91. The van der Waals surface area contributed by atoms with Gasteiger partial charge in [-0.2, -0.15) is 0 Å². The molecule has 0 saturated heterocycles. The van der Waals surface area contributed by atoms with Crippen LogP contribution >= 0.6 is 0 Å². The topological polar surface area (TPSA) is 0 Å². The van der Waals surface area contributed by atoms with Gasteiger partial charge in [-0.3, -0.25) is 0 Å². The number of allylic oxidation sites excluding steroid dienone is 1. The number of fused-ring (bicyclic) bond motifs is 1. The van der Waals surface area contributed by atoms with Gasteiger partial charge in [0.05, 0.1) is 0 Å². The summed E-state index contributed by atoms with van der Waals surface area (Å²) < 4.78 is 0. The fourth-order valence-electron chi connectivity index (χ4n) is 2.37. The summed E-state index contributed by atoms with van der Waals surface area (Å²) in [5.74, 6) is 0. The third-order valence-corrected chi connectivity index (χ3v) is 3.15. The summed E-state index contributed by atoms with van der Waals surface area (Å²) in [7, 11) is 0. The van der Waals surface area contributed by atoms with Crippen molar-refractivity contribution in [2.45, 2.75) is 39.5 Å². The highest BCUT2D eigenvalue weighted by molar-refractivity contribution is 5.66. The molecule has 1 aromatic rings. The molecule has 0 bridgehead atoms. The molecule has 1 aliphatic rings. The molecule has 0 aliphatic heterocycles. The molecule has 0 N–H and O–H groups in total. The van der Waals surface area contributed by atoms with Crippen LogP contribution in [0.25, 0.3) is 5.57 Å². The fourth-order valence-corrected chi connectivity index (χ4v) is 2.37. The van der Waals surface area contributed by atoms with Crippen molar-refractivity contribution >= 4 is 5.57 Å². The van der Waals surface area contributed by atoms with E-state index in [1.54, 1.807) is 11.1 Å². The smallest absolute Gasteiger partial charge is 0.0201 e. The number of rotatable bonds is 1. The fraction of sp³-hybridized carbons (Fsp3) is 0.429. The highest BCUT2D eigenvalue weighted by Crippen LogP contribution is 2.27. The molecule has 0 amide bonds. The summed E-state index contributed by atoms with van der Waals surface area (Å²) in [6.45, 7) is 8.32. The van der Waals surface area contributed by atoms with Gasteiger partial charge in [0.15, 0.2) is 0 Å². The van der Waals surface area contributed by atoms with Crippen molar-refractivity contribution in [2.75, 3.05) is 0 Å². The standard InChI is InChI=1S/C14H18/c1-10(2)14-9-13-7-5-4-6-12(13)8-11(14)3/h8-9H,1,4-7H2,2-3H3. The quantitative estimate of drug-likeness (QED) is 0.624.